The normalized spacial score (nSPS) is 12.9. The molecule has 0 aliphatic rings. The topological polar surface area (TPSA) is 75.6 Å². The van der Waals surface area contributed by atoms with Gasteiger partial charge in [-0.05, 0) is 36.6 Å². The molecule has 0 fully saturated rings. The highest BCUT2D eigenvalue weighted by Gasteiger charge is 2.21. The second-order valence-corrected chi connectivity index (χ2v) is 6.20. The molecular weight excluding hydrogens is 342 g/mol. The Morgan fingerprint density at radius 3 is 2.48 bits per heavy atom. The van der Waals surface area contributed by atoms with Crippen LogP contribution in [0.3, 0.4) is 0 Å². The van der Waals surface area contributed by atoms with Crippen molar-refractivity contribution in [1.29, 1.82) is 0 Å². The zero-order valence-electron chi connectivity index (χ0n) is 14.0. The Balaban J connectivity index is 1.88. The maximum Gasteiger partial charge on any atom is 0.342 e. The third-order valence-corrected chi connectivity index (χ3v) is 4.02. The predicted molar refractivity (Wildman–Crippen MR) is 95.9 cm³/mol. The van der Waals surface area contributed by atoms with Crippen molar-refractivity contribution in [1.82, 2.24) is 5.32 Å². The maximum atomic E-state index is 12.1. The molecular formula is C19H20ClNO4. The molecule has 2 aromatic carbocycles. The van der Waals surface area contributed by atoms with Crippen molar-refractivity contribution in [2.24, 2.45) is 0 Å². The molecule has 0 heterocycles. The van der Waals surface area contributed by atoms with Crippen LogP contribution in [-0.2, 0) is 9.53 Å². The van der Waals surface area contributed by atoms with Gasteiger partial charge in [-0.2, -0.15) is 0 Å². The third-order valence-electron chi connectivity index (χ3n) is 3.78. The second kappa shape index (κ2) is 8.53. The molecule has 0 aliphatic carbocycles. The highest BCUT2D eigenvalue weighted by atomic mass is 35.5. The summed E-state index contributed by atoms with van der Waals surface area (Å²) in [5.41, 5.74) is 1.07. The van der Waals surface area contributed by atoms with Crippen LogP contribution in [0.5, 0.6) is 5.75 Å². The van der Waals surface area contributed by atoms with Crippen LogP contribution in [0.4, 0.5) is 0 Å². The number of ether oxygens (including phenoxy) is 1. The van der Waals surface area contributed by atoms with Gasteiger partial charge in [0.1, 0.15) is 11.3 Å². The molecule has 6 heteroatoms. The number of esters is 1. The Morgan fingerprint density at radius 2 is 1.84 bits per heavy atom. The largest absolute Gasteiger partial charge is 0.507 e. The molecule has 0 unspecified atom stereocenters. The van der Waals surface area contributed by atoms with Gasteiger partial charge in [0.25, 0.3) is 5.91 Å². The Kier molecular flexibility index (Phi) is 6.42. The molecule has 0 aliphatic heterocycles. The van der Waals surface area contributed by atoms with Gasteiger partial charge in [0.2, 0.25) is 0 Å². The molecule has 0 radical (unpaired) electrons. The first-order valence-electron chi connectivity index (χ1n) is 7.90. The standard InChI is InChI=1S/C19H20ClNO4/c1-12(14-6-4-3-5-7-14)11-21-18(23)13(2)25-19(24)16-9-8-15(20)10-17(16)22/h3-10,12-13,22H,11H2,1-2H3,(H,21,23)/t12-,13-/m0/s1. The lowest BCUT2D eigenvalue weighted by molar-refractivity contribution is -0.129. The molecule has 132 valence electrons. The summed E-state index contributed by atoms with van der Waals surface area (Å²) < 4.78 is 5.10. The average Bonchev–Trinajstić information content (AvgIpc) is 2.59. The summed E-state index contributed by atoms with van der Waals surface area (Å²) in [6, 6.07) is 13.8. The van der Waals surface area contributed by atoms with Crippen molar-refractivity contribution in [3.05, 3.63) is 64.7 Å². The summed E-state index contributed by atoms with van der Waals surface area (Å²) in [6.45, 7) is 3.91. The lowest BCUT2D eigenvalue weighted by atomic mass is 10.0. The molecule has 0 saturated heterocycles. The number of nitrogens with one attached hydrogen (secondary N) is 1. The van der Waals surface area contributed by atoms with Crippen molar-refractivity contribution in [3.8, 4) is 5.75 Å². The number of phenols is 1. The first kappa shape index (κ1) is 18.8. The number of aromatic hydroxyl groups is 1. The molecule has 0 aromatic heterocycles. The molecule has 2 rings (SSSR count). The Bertz CT molecular complexity index is 748. The van der Waals surface area contributed by atoms with E-state index in [1.54, 1.807) is 0 Å². The Hall–Kier alpha value is -2.53. The van der Waals surface area contributed by atoms with Crippen molar-refractivity contribution < 1.29 is 19.4 Å². The smallest absolute Gasteiger partial charge is 0.342 e. The summed E-state index contributed by atoms with van der Waals surface area (Å²) >= 11 is 5.72. The lowest BCUT2D eigenvalue weighted by Gasteiger charge is -2.17. The predicted octanol–water partition coefficient (Wildman–Crippen LogP) is 3.51. The highest BCUT2D eigenvalue weighted by Crippen LogP contribution is 2.23. The van der Waals surface area contributed by atoms with E-state index < -0.39 is 18.0 Å². The molecule has 25 heavy (non-hydrogen) atoms. The fraction of sp³-hybridized carbons (Fsp3) is 0.263. The van der Waals surface area contributed by atoms with Gasteiger partial charge in [0.05, 0.1) is 0 Å². The lowest BCUT2D eigenvalue weighted by Crippen LogP contribution is -2.37. The zero-order valence-corrected chi connectivity index (χ0v) is 14.8. The van der Waals surface area contributed by atoms with Crippen LogP contribution in [0.15, 0.2) is 48.5 Å². The molecule has 5 nitrogen and oxygen atoms in total. The summed E-state index contributed by atoms with van der Waals surface area (Å²) in [6.07, 6.45) is -0.981. The minimum absolute atomic E-state index is 0.0401. The molecule has 1 amide bonds. The third kappa shape index (κ3) is 5.22. The monoisotopic (exact) mass is 361 g/mol. The van der Waals surface area contributed by atoms with Gasteiger partial charge in [0.15, 0.2) is 6.10 Å². The number of carbonyl (C=O) groups is 2. The van der Waals surface area contributed by atoms with Gasteiger partial charge in [0, 0.05) is 11.6 Å². The second-order valence-electron chi connectivity index (χ2n) is 5.77. The van der Waals surface area contributed by atoms with E-state index in [4.69, 9.17) is 16.3 Å². The van der Waals surface area contributed by atoms with E-state index in [9.17, 15) is 14.7 Å². The van der Waals surface area contributed by atoms with Crippen molar-refractivity contribution in [3.63, 3.8) is 0 Å². The van der Waals surface area contributed by atoms with Gasteiger partial charge >= 0.3 is 5.97 Å². The van der Waals surface area contributed by atoms with Crippen LogP contribution in [0.25, 0.3) is 0 Å². The van der Waals surface area contributed by atoms with Crippen molar-refractivity contribution >= 4 is 23.5 Å². The number of benzene rings is 2. The van der Waals surface area contributed by atoms with E-state index in [0.29, 0.717) is 11.6 Å². The molecule has 0 saturated carbocycles. The molecule has 0 bridgehead atoms. The summed E-state index contributed by atoms with van der Waals surface area (Å²) in [4.78, 5) is 24.2. The minimum Gasteiger partial charge on any atom is -0.507 e. The molecule has 0 spiro atoms. The number of halogens is 1. The van der Waals surface area contributed by atoms with E-state index in [0.717, 1.165) is 5.56 Å². The zero-order chi connectivity index (χ0) is 18.4. The van der Waals surface area contributed by atoms with Gasteiger partial charge in [-0.15, -0.1) is 0 Å². The summed E-state index contributed by atoms with van der Waals surface area (Å²) in [7, 11) is 0. The SMILES string of the molecule is C[C@H](OC(=O)c1ccc(Cl)cc1O)C(=O)NC[C@H](C)c1ccccc1. The van der Waals surface area contributed by atoms with Crippen LogP contribution in [0, 0.1) is 0 Å². The fourth-order valence-corrected chi connectivity index (χ4v) is 2.42. The number of amides is 1. The number of rotatable bonds is 6. The van der Waals surface area contributed by atoms with Crippen molar-refractivity contribution in [2.75, 3.05) is 6.54 Å². The number of carbonyl (C=O) groups excluding carboxylic acids is 2. The maximum absolute atomic E-state index is 12.1. The molecule has 2 atom stereocenters. The number of hydrogen-bond donors (Lipinski definition) is 2. The van der Waals surface area contributed by atoms with Crippen LogP contribution >= 0.6 is 11.6 Å². The average molecular weight is 362 g/mol. The van der Waals surface area contributed by atoms with Gasteiger partial charge in [-0.1, -0.05) is 48.9 Å². The van der Waals surface area contributed by atoms with Gasteiger partial charge in [-0.3, -0.25) is 4.79 Å². The van der Waals surface area contributed by atoms with Crippen molar-refractivity contribution in [2.45, 2.75) is 25.9 Å². The fourth-order valence-electron chi connectivity index (χ4n) is 2.25. The first-order chi connectivity index (χ1) is 11.9. The van der Waals surface area contributed by atoms with Gasteiger partial charge in [-0.25, -0.2) is 4.79 Å². The quantitative estimate of drug-likeness (QED) is 0.772. The number of hydrogen-bond acceptors (Lipinski definition) is 4. The van der Waals surface area contributed by atoms with E-state index >= 15 is 0 Å². The summed E-state index contributed by atoms with van der Waals surface area (Å²) in [5, 5.41) is 12.8. The van der Waals surface area contributed by atoms with Crippen LogP contribution < -0.4 is 5.32 Å². The first-order valence-corrected chi connectivity index (χ1v) is 8.28. The van der Waals surface area contributed by atoms with E-state index in [2.05, 4.69) is 5.32 Å². The molecule has 2 N–H and O–H groups in total. The minimum atomic E-state index is -0.981. The van der Waals surface area contributed by atoms with Crippen LogP contribution in [-0.4, -0.2) is 29.6 Å². The molecule has 2 aromatic rings. The van der Waals surface area contributed by atoms with E-state index in [1.807, 2.05) is 37.3 Å². The van der Waals surface area contributed by atoms with Gasteiger partial charge < -0.3 is 15.2 Å². The van der Waals surface area contributed by atoms with Crippen LogP contribution in [0.2, 0.25) is 5.02 Å². The number of phenolic OH excluding ortho intramolecular Hbond substituents is 1. The Morgan fingerprint density at radius 1 is 1.16 bits per heavy atom. The summed E-state index contributed by atoms with van der Waals surface area (Å²) in [5.74, 6) is -1.34. The van der Waals surface area contributed by atoms with Crippen LogP contribution in [0.1, 0.15) is 35.7 Å². The van der Waals surface area contributed by atoms with E-state index in [-0.39, 0.29) is 17.2 Å². The van der Waals surface area contributed by atoms with E-state index in [1.165, 1.54) is 25.1 Å². The highest BCUT2D eigenvalue weighted by molar-refractivity contribution is 6.30. The Labute approximate surface area is 151 Å².